The van der Waals surface area contributed by atoms with Gasteiger partial charge in [0.15, 0.2) is 0 Å². The fraction of sp³-hybridized carbons (Fsp3) is 0.357. The molecule has 1 aliphatic rings. The van der Waals surface area contributed by atoms with Crippen LogP contribution in [0.4, 0.5) is 5.69 Å². The van der Waals surface area contributed by atoms with Crippen LogP contribution in [-0.4, -0.2) is 51.8 Å². The number of hydrogen-bond donors (Lipinski definition) is 0. The van der Waals surface area contributed by atoms with Crippen LogP contribution < -0.4 is 4.90 Å². The number of anilines is 1. The summed E-state index contributed by atoms with van der Waals surface area (Å²) in [5, 5.41) is 4.18. The highest BCUT2D eigenvalue weighted by Gasteiger charge is 2.24. The molecule has 1 fully saturated rings. The highest BCUT2D eigenvalue weighted by molar-refractivity contribution is 9.10. The van der Waals surface area contributed by atoms with Crippen LogP contribution in [0.2, 0.25) is 0 Å². The number of carbonyl (C=O) groups is 1. The van der Waals surface area contributed by atoms with Crippen molar-refractivity contribution in [1.29, 1.82) is 0 Å². The summed E-state index contributed by atoms with van der Waals surface area (Å²) < 4.78 is 2.53. The maximum atomic E-state index is 12.5. The number of pyridine rings is 1. The topological polar surface area (TPSA) is 54.3 Å². The predicted molar refractivity (Wildman–Crippen MR) is 83.3 cm³/mol. The van der Waals surface area contributed by atoms with Crippen molar-refractivity contribution >= 4 is 27.5 Å². The summed E-state index contributed by atoms with van der Waals surface area (Å²) in [6.45, 7) is 3.00. The smallest absolute Gasteiger partial charge is 0.273 e. The molecule has 3 heterocycles. The minimum atomic E-state index is -0.0201. The third-order valence-electron chi connectivity index (χ3n) is 3.58. The number of carbonyl (C=O) groups excluding carboxylic acids is 1. The van der Waals surface area contributed by atoms with Crippen molar-refractivity contribution in [3.8, 4) is 0 Å². The number of amides is 1. The van der Waals surface area contributed by atoms with E-state index in [4.69, 9.17) is 0 Å². The molecular formula is C14H16BrN5O. The van der Waals surface area contributed by atoms with Crippen LogP contribution in [0.5, 0.6) is 0 Å². The normalized spacial score (nSPS) is 15.3. The third-order valence-corrected chi connectivity index (χ3v) is 4.22. The van der Waals surface area contributed by atoms with Gasteiger partial charge in [-0.1, -0.05) is 0 Å². The summed E-state index contributed by atoms with van der Waals surface area (Å²) in [5.41, 5.74) is 1.58. The van der Waals surface area contributed by atoms with E-state index in [2.05, 4.69) is 30.9 Å². The van der Waals surface area contributed by atoms with Crippen molar-refractivity contribution in [3.63, 3.8) is 0 Å². The van der Waals surface area contributed by atoms with Crippen LogP contribution in [0, 0.1) is 0 Å². The molecule has 0 atom stereocenters. The van der Waals surface area contributed by atoms with E-state index >= 15 is 0 Å². The molecule has 0 aromatic carbocycles. The Labute approximate surface area is 131 Å². The zero-order valence-corrected chi connectivity index (χ0v) is 13.3. The van der Waals surface area contributed by atoms with Gasteiger partial charge < -0.3 is 9.80 Å². The summed E-state index contributed by atoms with van der Waals surface area (Å²) in [6.07, 6.45) is 5.49. The number of halogens is 1. The van der Waals surface area contributed by atoms with E-state index in [0.717, 1.165) is 23.2 Å². The lowest BCUT2D eigenvalue weighted by atomic mass is 10.2. The number of rotatable bonds is 2. The van der Waals surface area contributed by atoms with E-state index in [-0.39, 0.29) is 5.91 Å². The van der Waals surface area contributed by atoms with Crippen molar-refractivity contribution in [1.82, 2.24) is 19.7 Å². The van der Waals surface area contributed by atoms with Crippen molar-refractivity contribution in [2.24, 2.45) is 7.05 Å². The van der Waals surface area contributed by atoms with Crippen molar-refractivity contribution in [3.05, 3.63) is 40.9 Å². The summed E-state index contributed by atoms with van der Waals surface area (Å²) in [4.78, 5) is 20.7. The lowest BCUT2D eigenvalue weighted by Crippen LogP contribution is -2.49. The Morgan fingerprint density at radius 2 is 2.05 bits per heavy atom. The van der Waals surface area contributed by atoms with E-state index in [1.165, 1.54) is 0 Å². The Kier molecular flexibility index (Phi) is 3.92. The molecule has 2 aromatic rings. The van der Waals surface area contributed by atoms with E-state index in [9.17, 15) is 4.79 Å². The maximum absolute atomic E-state index is 12.5. The molecule has 0 spiro atoms. The summed E-state index contributed by atoms with van der Waals surface area (Å²) >= 11 is 3.38. The standard InChI is InChI=1S/C14H16BrN5O/c1-18-10-11(9-17-18)19-5-7-20(8-6-19)14(21)13-12(15)3-2-4-16-13/h2-4,9-10H,5-8H2,1H3. The molecule has 1 amide bonds. The molecule has 0 saturated carbocycles. The van der Waals surface area contributed by atoms with Crippen LogP contribution in [0.15, 0.2) is 35.2 Å². The Balaban J connectivity index is 1.66. The molecule has 0 bridgehead atoms. The lowest BCUT2D eigenvalue weighted by Gasteiger charge is -2.35. The monoisotopic (exact) mass is 349 g/mol. The second-order valence-corrected chi connectivity index (χ2v) is 5.84. The van der Waals surface area contributed by atoms with Gasteiger partial charge in [0.2, 0.25) is 0 Å². The highest BCUT2D eigenvalue weighted by Crippen LogP contribution is 2.19. The Morgan fingerprint density at radius 1 is 1.29 bits per heavy atom. The van der Waals surface area contributed by atoms with Gasteiger partial charge >= 0.3 is 0 Å². The van der Waals surface area contributed by atoms with Gasteiger partial charge in [-0.05, 0) is 28.1 Å². The molecule has 7 heteroatoms. The van der Waals surface area contributed by atoms with Crippen LogP contribution in [0.25, 0.3) is 0 Å². The zero-order valence-electron chi connectivity index (χ0n) is 11.7. The van der Waals surface area contributed by atoms with Crippen molar-refractivity contribution in [2.45, 2.75) is 0 Å². The molecule has 0 N–H and O–H groups in total. The van der Waals surface area contributed by atoms with Gasteiger partial charge in [0.25, 0.3) is 5.91 Å². The van der Waals surface area contributed by atoms with Crippen LogP contribution in [0.3, 0.4) is 0 Å². The minimum absolute atomic E-state index is 0.0201. The molecule has 3 rings (SSSR count). The largest absolute Gasteiger partial charge is 0.365 e. The first-order chi connectivity index (χ1) is 10.1. The number of hydrogen-bond acceptors (Lipinski definition) is 4. The summed E-state index contributed by atoms with van der Waals surface area (Å²) in [5.74, 6) is -0.0201. The molecule has 0 unspecified atom stereocenters. The second-order valence-electron chi connectivity index (χ2n) is 4.99. The van der Waals surface area contributed by atoms with Crippen molar-refractivity contribution < 1.29 is 4.79 Å². The van der Waals surface area contributed by atoms with Gasteiger partial charge in [-0.25, -0.2) is 4.98 Å². The maximum Gasteiger partial charge on any atom is 0.273 e. The van der Waals surface area contributed by atoms with Gasteiger partial charge in [-0.15, -0.1) is 0 Å². The van der Waals surface area contributed by atoms with E-state index in [1.807, 2.05) is 30.4 Å². The third kappa shape index (κ3) is 2.92. The first kappa shape index (κ1) is 14.1. The van der Waals surface area contributed by atoms with Gasteiger partial charge in [-0.3, -0.25) is 9.48 Å². The zero-order chi connectivity index (χ0) is 14.8. The van der Waals surface area contributed by atoms with Gasteiger partial charge in [0, 0.05) is 50.1 Å². The van der Waals surface area contributed by atoms with Gasteiger partial charge in [-0.2, -0.15) is 5.10 Å². The van der Waals surface area contributed by atoms with E-state index in [1.54, 1.807) is 16.9 Å². The minimum Gasteiger partial charge on any atom is -0.365 e. The van der Waals surface area contributed by atoms with Crippen LogP contribution in [-0.2, 0) is 7.05 Å². The Hall–Kier alpha value is -1.89. The molecule has 2 aromatic heterocycles. The number of aromatic nitrogens is 3. The fourth-order valence-corrected chi connectivity index (χ4v) is 2.86. The molecule has 110 valence electrons. The Bertz CT molecular complexity index is 648. The van der Waals surface area contributed by atoms with Gasteiger partial charge in [0.1, 0.15) is 5.69 Å². The molecule has 6 nitrogen and oxygen atoms in total. The first-order valence-corrected chi connectivity index (χ1v) is 7.58. The quantitative estimate of drug-likeness (QED) is 0.825. The summed E-state index contributed by atoms with van der Waals surface area (Å²) in [7, 11) is 1.90. The molecule has 1 saturated heterocycles. The SMILES string of the molecule is Cn1cc(N2CCN(C(=O)c3ncccc3Br)CC2)cn1. The average Bonchev–Trinajstić information content (AvgIpc) is 2.94. The molecular weight excluding hydrogens is 334 g/mol. The predicted octanol–water partition coefficient (Wildman–Crippen LogP) is 1.54. The molecule has 0 radical (unpaired) electrons. The molecule has 1 aliphatic heterocycles. The molecule has 0 aliphatic carbocycles. The van der Waals surface area contributed by atoms with E-state index in [0.29, 0.717) is 18.8 Å². The van der Waals surface area contributed by atoms with Crippen LogP contribution in [0.1, 0.15) is 10.5 Å². The average molecular weight is 350 g/mol. The fourth-order valence-electron chi connectivity index (χ4n) is 2.43. The second kappa shape index (κ2) is 5.85. The first-order valence-electron chi connectivity index (χ1n) is 6.78. The number of aryl methyl sites for hydroxylation is 1. The number of piperazine rings is 1. The number of nitrogens with zero attached hydrogens (tertiary/aromatic N) is 5. The van der Waals surface area contributed by atoms with E-state index < -0.39 is 0 Å². The highest BCUT2D eigenvalue weighted by atomic mass is 79.9. The van der Waals surface area contributed by atoms with Crippen LogP contribution >= 0.6 is 15.9 Å². The summed E-state index contributed by atoms with van der Waals surface area (Å²) in [6, 6.07) is 3.65. The Morgan fingerprint density at radius 3 is 2.67 bits per heavy atom. The molecule has 21 heavy (non-hydrogen) atoms. The van der Waals surface area contributed by atoms with Crippen molar-refractivity contribution in [2.75, 3.05) is 31.1 Å². The lowest BCUT2D eigenvalue weighted by molar-refractivity contribution is 0.0740. The van der Waals surface area contributed by atoms with Gasteiger partial charge in [0.05, 0.1) is 11.9 Å².